The van der Waals surface area contributed by atoms with E-state index >= 15 is 0 Å². The third-order valence-corrected chi connectivity index (χ3v) is 3.65. The van der Waals surface area contributed by atoms with Crippen LogP contribution in [0.25, 0.3) is 0 Å². The fourth-order valence-corrected chi connectivity index (χ4v) is 2.62. The number of hydrogen-bond donors (Lipinski definition) is 1. The number of piperazine rings is 1. The molecule has 5 nitrogen and oxygen atoms in total. The minimum absolute atomic E-state index is 0.0511. The summed E-state index contributed by atoms with van der Waals surface area (Å²) >= 11 is 0. The van der Waals surface area contributed by atoms with Gasteiger partial charge in [-0.2, -0.15) is 0 Å². The molecular formula is C17H26N2O3. The van der Waals surface area contributed by atoms with Gasteiger partial charge in [0, 0.05) is 26.2 Å². The number of rotatable bonds is 3. The summed E-state index contributed by atoms with van der Waals surface area (Å²) in [5.74, 6) is 0. The lowest BCUT2D eigenvalue weighted by atomic mass is 10.1. The van der Waals surface area contributed by atoms with E-state index < -0.39 is 5.60 Å². The van der Waals surface area contributed by atoms with Crippen molar-refractivity contribution in [1.29, 1.82) is 0 Å². The molecule has 1 fully saturated rings. The molecule has 2 rings (SSSR count). The first kappa shape index (κ1) is 16.8. The Hall–Kier alpha value is -1.59. The minimum Gasteiger partial charge on any atom is -0.444 e. The van der Waals surface area contributed by atoms with Gasteiger partial charge in [-0.25, -0.2) is 4.79 Å². The van der Waals surface area contributed by atoms with E-state index in [0.717, 1.165) is 13.1 Å². The fourth-order valence-electron chi connectivity index (χ4n) is 2.62. The summed E-state index contributed by atoms with van der Waals surface area (Å²) in [6, 6.07) is 10.0. The number of benzene rings is 1. The number of carbonyl (C=O) groups excluding carboxylic acids is 1. The number of nitrogens with zero attached hydrogens (tertiary/aromatic N) is 2. The van der Waals surface area contributed by atoms with Crippen molar-refractivity contribution < 1.29 is 14.6 Å². The van der Waals surface area contributed by atoms with Gasteiger partial charge in [-0.3, -0.25) is 4.90 Å². The van der Waals surface area contributed by atoms with E-state index in [0.29, 0.717) is 13.1 Å². The Bertz CT molecular complexity index is 484. The van der Waals surface area contributed by atoms with Crippen molar-refractivity contribution in [2.75, 3.05) is 26.2 Å². The van der Waals surface area contributed by atoms with Crippen LogP contribution in [-0.4, -0.2) is 58.9 Å². The second kappa shape index (κ2) is 7.11. The Labute approximate surface area is 132 Å². The number of amides is 1. The molecule has 0 bridgehead atoms. The van der Waals surface area contributed by atoms with Gasteiger partial charge in [0.15, 0.2) is 0 Å². The Morgan fingerprint density at radius 2 is 1.95 bits per heavy atom. The van der Waals surface area contributed by atoms with Crippen LogP contribution in [0.2, 0.25) is 0 Å². The van der Waals surface area contributed by atoms with Crippen molar-refractivity contribution in [2.45, 2.75) is 39.0 Å². The largest absolute Gasteiger partial charge is 0.444 e. The maximum atomic E-state index is 12.2. The first-order valence-electron chi connectivity index (χ1n) is 7.76. The molecular weight excluding hydrogens is 280 g/mol. The molecule has 1 atom stereocenters. The molecule has 22 heavy (non-hydrogen) atoms. The molecule has 0 aliphatic carbocycles. The molecule has 0 spiro atoms. The number of ether oxygens (including phenoxy) is 1. The lowest BCUT2D eigenvalue weighted by Crippen LogP contribution is -2.57. The van der Waals surface area contributed by atoms with Gasteiger partial charge in [0.2, 0.25) is 0 Å². The number of aliphatic hydroxyl groups excluding tert-OH is 1. The summed E-state index contributed by atoms with van der Waals surface area (Å²) in [4.78, 5) is 16.1. The van der Waals surface area contributed by atoms with Crippen molar-refractivity contribution in [3.63, 3.8) is 0 Å². The van der Waals surface area contributed by atoms with Gasteiger partial charge in [-0.1, -0.05) is 30.3 Å². The maximum absolute atomic E-state index is 12.2. The van der Waals surface area contributed by atoms with Crippen LogP contribution in [-0.2, 0) is 11.3 Å². The molecule has 1 N–H and O–H groups in total. The summed E-state index contributed by atoms with van der Waals surface area (Å²) in [6.45, 7) is 8.35. The highest BCUT2D eigenvalue weighted by molar-refractivity contribution is 5.68. The van der Waals surface area contributed by atoms with E-state index in [-0.39, 0.29) is 18.7 Å². The standard InChI is InChI=1S/C17H26N2O3/c1-17(2,3)22-16(21)19-10-9-18(12-15(19)13-20)11-14-7-5-4-6-8-14/h4-8,15,20H,9-13H2,1-3H3/t15-/m0/s1. The molecule has 0 radical (unpaired) electrons. The van der Waals surface area contributed by atoms with E-state index in [1.165, 1.54) is 5.56 Å². The quantitative estimate of drug-likeness (QED) is 0.929. The van der Waals surface area contributed by atoms with Gasteiger partial charge in [0.05, 0.1) is 12.6 Å². The fraction of sp³-hybridized carbons (Fsp3) is 0.588. The van der Waals surface area contributed by atoms with E-state index in [9.17, 15) is 9.90 Å². The third kappa shape index (κ3) is 4.71. The number of hydrogen-bond acceptors (Lipinski definition) is 4. The van der Waals surface area contributed by atoms with Crippen LogP contribution < -0.4 is 0 Å². The zero-order valence-corrected chi connectivity index (χ0v) is 13.7. The molecule has 1 heterocycles. The molecule has 0 saturated carbocycles. The summed E-state index contributed by atoms with van der Waals surface area (Å²) in [5.41, 5.74) is 0.725. The van der Waals surface area contributed by atoms with Crippen LogP contribution >= 0.6 is 0 Å². The predicted octanol–water partition coefficient (Wildman–Crippen LogP) is 2.10. The molecule has 1 amide bonds. The zero-order chi connectivity index (χ0) is 16.2. The average Bonchev–Trinajstić information content (AvgIpc) is 2.46. The molecule has 122 valence electrons. The molecule has 0 aromatic heterocycles. The SMILES string of the molecule is CC(C)(C)OC(=O)N1CCN(Cc2ccccc2)C[C@H]1CO. The van der Waals surface area contributed by atoms with Crippen molar-refractivity contribution in [3.05, 3.63) is 35.9 Å². The Kier molecular flexibility index (Phi) is 5.42. The van der Waals surface area contributed by atoms with Crippen LogP contribution in [0.5, 0.6) is 0 Å². The first-order valence-corrected chi connectivity index (χ1v) is 7.76. The van der Waals surface area contributed by atoms with Crippen molar-refractivity contribution >= 4 is 6.09 Å². The van der Waals surface area contributed by atoms with E-state index in [1.54, 1.807) is 4.90 Å². The van der Waals surface area contributed by atoms with Gasteiger partial charge in [-0.05, 0) is 26.3 Å². The van der Waals surface area contributed by atoms with E-state index in [2.05, 4.69) is 17.0 Å². The minimum atomic E-state index is -0.516. The van der Waals surface area contributed by atoms with Crippen molar-refractivity contribution in [1.82, 2.24) is 9.80 Å². The molecule has 1 aliphatic rings. The lowest BCUT2D eigenvalue weighted by molar-refractivity contribution is -0.0126. The smallest absolute Gasteiger partial charge is 0.410 e. The van der Waals surface area contributed by atoms with Crippen LogP contribution in [0, 0.1) is 0 Å². The van der Waals surface area contributed by atoms with Crippen molar-refractivity contribution in [2.24, 2.45) is 0 Å². The highest BCUT2D eigenvalue weighted by atomic mass is 16.6. The summed E-state index contributed by atoms with van der Waals surface area (Å²) in [7, 11) is 0. The van der Waals surface area contributed by atoms with Crippen LogP contribution in [0.3, 0.4) is 0 Å². The molecule has 0 unspecified atom stereocenters. The van der Waals surface area contributed by atoms with Crippen molar-refractivity contribution in [3.8, 4) is 0 Å². The Balaban J connectivity index is 1.95. The topological polar surface area (TPSA) is 53.0 Å². The molecule has 1 aliphatic heterocycles. The third-order valence-electron chi connectivity index (χ3n) is 3.65. The number of carbonyl (C=O) groups is 1. The molecule has 5 heteroatoms. The highest BCUT2D eigenvalue weighted by Crippen LogP contribution is 2.17. The summed E-state index contributed by atoms with van der Waals surface area (Å²) < 4.78 is 5.42. The van der Waals surface area contributed by atoms with Crippen LogP contribution in [0.1, 0.15) is 26.3 Å². The second-order valence-electron chi connectivity index (χ2n) is 6.73. The normalized spacial score (nSPS) is 20.0. The monoisotopic (exact) mass is 306 g/mol. The zero-order valence-electron chi connectivity index (χ0n) is 13.7. The van der Waals surface area contributed by atoms with Gasteiger partial charge in [0.25, 0.3) is 0 Å². The molecule has 1 aromatic carbocycles. The van der Waals surface area contributed by atoms with Gasteiger partial charge < -0.3 is 14.7 Å². The lowest BCUT2D eigenvalue weighted by Gasteiger charge is -2.41. The molecule has 1 saturated heterocycles. The van der Waals surface area contributed by atoms with E-state index in [1.807, 2.05) is 39.0 Å². The van der Waals surface area contributed by atoms with Crippen LogP contribution in [0.4, 0.5) is 4.79 Å². The molecule has 1 aromatic rings. The first-order chi connectivity index (χ1) is 10.4. The summed E-state index contributed by atoms with van der Waals surface area (Å²) in [5, 5.41) is 9.62. The average molecular weight is 306 g/mol. The van der Waals surface area contributed by atoms with E-state index in [4.69, 9.17) is 4.74 Å². The Morgan fingerprint density at radius 1 is 1.27 bits per heavy atom. The Morgan fingerprint density at radius 3 is 2.55 bits per heavy atom. The highest BCUT2D eigenvalue weighted by Gasteiger charge is 2.32. The number of aliphatic hydroxyl groups is 1. The van der Waals surface area contributed by atoms with Crippen LogP contribution in [0.15, 0.2) is 30.3 Å². The summed E-state index contributed by atoms with van der Waals surface area (Å²) in [6.07, 6.45) is -0.342. The maximum Gasteiger partial charge on any atom is 0.410 e. The predicted molar refractivity (Wildman–Crippen MR) is 85.5 cm³/mol. The van der Waals surface area contributed by atoms with Gasteiger partial charge in [0.1, 0.15) is 5.60 Å². The van der Waals surface area contributed by atoms with Gasteiger partial charge in [-0.15, -0.1) is 0 Å². The van der Waals surface area contributed by atoms with Gasteiger partial charge >= 0.3 is 6.09 Å². The second-order valence-corrected chi connectivity index (χ2v) is 6.73.